The van der Waals surface area contributed by atoms with E-state index >= 15 is 0 Å². The molecule has 0 aromatic heterocycles. The number of allylic oxidation sites excluding steroid dienone is 1. The van der Waals surface area contributed by atoms with E-state index in [1.165, 1.54) is 12.8 Å². The van der Waals surface area contributed by atoms with Gasteiger partial charge in [-0.25, -0.2) is 4.99 Å². The number of para-hydroxylation sites is 1. The molecule has 0 amide bonds. The first-order chi connectivity index (χ1) is 17.0. The Balaban J connectivity index is 1.39. The van der Waals surface area contributed by atoms with Gasteiger partial charge < -0.3 is 15.0 Å². The first kappa shape index (κ1) is 22.0. The second-order valence-electron chi connectivity index (χ2n) is 10.0. The van der Waals surface area contributed by atoms with Crippen LogP contribution in [0.15, 0.2) is 65.4 Å². The molecule has 2 aromatic rings. The highest BCUT2D eigenvalue weighted by Gasteiger charge is 2.46. The van der Waals surface area contributed by atoms with Gasteiger partial charge in [-0.2, -0.15) is 0 Å². The summed E-state index contributed by atoms with van der Waals surface area (Å²) >= 11 is 0. The molecular weight excluding hydrogens is 438 g/mol. The molecule has 6 heteroatoms. The van der Waals surface area contributed by atoms with Gasteiger partial charge in [-0.1, -0.05) is 43.3 Å². The molecule has 2 atom stereocenters. The summed E-state index contributed by atoms with van der Waals surface area (Å²) in [6.07, 6.45) is 3.99. The molecule has 2 N–H and O–H groups in total. The van der Waals surface area contributed by atoms with Gasteiger partial charge in [-0.05, 0) is 44.4 Å². The van der Waals surface area contributed by atoms with E-state index in [1.54, 1.807) is 18.2 Å². The van der Waals surface area contributed by atoms with Crippen LogP contribution in [0.1, 0.15) is 46.0 Å². The van der Waals surface area contributed by atoms with Crippen LogP contribution in [0.4, 0.5) is 5.69 Å². The second-order valence-corrected chi connectivity index (χ2v) is 10.0. The van der Waals surface area contributed by atoms with Crippen molar-refractivity contribution in [2.45, 2.75) is 32.8 Å². The summed E-state index contributed by atoms with van der Waals surface area (Å²) in [7, 11) is 0. The Hall–Kier alpha value is -3.51. The van der Waals surface area contributed by atoms with E-state index < -0.39 is 6.10 Å². The molecule has 0 bridgehead atoms. The molecule has 0 saturated carbocycles. The SMILES string of the molecule is Cc1cccc2c1[NH+]=C1C3=C(C(=O)c4ccccc4C3=O)C(NCCN3CCC[C@H](C)C3)=CC1O2. The number of Topliss-reactive ketones (excluding diaryl/α,β-unsaturated/α-hetero) is 2. The lowest BCUT2D eigenvalue weighted by Crippen LogP contribution is -2.74. The minimum atomic E-state index is -0.470. The fraction of sp³-hybridized carbons (Fsp3) is 0.345. The first-order valence-corrected chi connectivity index (χ1v) is 12.5. The number of aryl methyl sites for hydroxylation is 1. The summed E-state index contributed by atoms with van der Waals surface area (Å²) in [6, 6.07) is 13.0. The lowest BCUT2D eigenvalue weighted by atomic mass is 9.76. The van der Waals surface area contributed by atoms with E-state index in [4.69, 9.17) is 4.74 Å². The molecule has 35 heavy (non-hydrogen) atoms. The quantitative estimate of drug-likeness (QED) is 0.722. The lowest BCUT2D eigenvalue weighted by molar-refractivity contribution is -0.363. The minimum absolute atomic E-state index is 0.121. The second kappa shape index (κ2) is 8.61. The number of benzene rings is 2. The average molecular weight is 469 g/mol. The Kier molecular flexibility index (Phi) is 5.41. The van der Waals surface area contributed by atoms with Crippen molar-refractivity contribution < 1.29 is 19.3 Å². The highest BCUT2D eigenvalue weighted by atomic mass is 16.5. The van der Waals surface area contributed by atoms with Gasteiger partial charge in [0.2, 0.25) is 23.3 Å². The third-order valence-corrected chi connectivity index (χ3v) is 7.49. The molecule has 6 nitrogen and oxygen atoms in total. The maximum absolute atomic E-state index is 13.8. The third kappa shape index (κ3) is 3.73. The molecule has 4 aliphatic rings. The molecule has 6 rings (SSSR count). The van der Waals surface area contributed by atoms with Crippen LogP contribution in [0, 0.1) is 12.8 Å². The average Bonchev–Trinajstić information content (AvgIpc) is 2.86. The van der Waals surface area contributed by atoms with Crippen LogP contribution in [0.3, 0.4) is 0 Å². The largest absolute Gasteiger partial charge is 0.468 e. The van der Waals surface area contributed by atoms with Gasteiger partial charge in [0.05, 0.1) is 5.57 Å². The molecule has 2 aliphatic heterocycles. The van der Waals surface area contributed by atoms with Crippen molar-refractivity contribution in [3.05, 3.63) is 82.1 Å². The standard InChI is InChI=1S/C29H29N3O3/c1-17-7-6-13-32(16-17)14-12-30-21-15-23-27(31-26-18(2)8-5-11-22(26)35-23)25-24(21)28(33)19-9-3-4-10-20(19)29(25)34/h3-5,8-11,15,17,23,30H,6-7,12-14,16H2,1-2H3/p+1/t17-,23?/m0/s1. The van der Waals surface area contributed by atoms with Crippen LogP contribution in [0.5, 0.6) is 5.75 Å². The molecule has 2 aromatic carbocycles. The molecule has 0 radical (unpaired) electrons. The predicted octanol–water partition coefficient (Wildman–Crippen LogP) is 2.50. The van der Waals surface area contributed by atoms with Crippen molar-refractivity contribution in [3.8, 4) is 5.75 Å². The highest BCUT2D eigenvalue weighted by Crippen LogP contribution is 2.36. The summed E-state index contributed by atoms with van der Waals surface area (Å²) in [6.45, 7) is 8.10. The minimum Gasteiger partial charge on any atom is -0.468 e. The topological polar surface area (TPSA) is 72.6 Å². The Morgan fingerprint density at radius 3 is 2.60 bits per heavy atom. The number of ether oxygens (including phenoxy) is 1. The van der Waals surface area contributed by atoms with Crippen LogP contribution in [0.25, 0.3) is 0 Å². The highest BCUT2D eigenvalue weighted by molar-refractivity contribution is 6.39. The smallest absolute Gasteiger partial charge is 0.249 e. The zero-order valence-electron chi connectivity index (χ0n) is 20.2. The van der Waals surface area contributed by atoms with Crippen LogP contribution >= 0.6 is 0 Å². The molecule has 1 saturated heterocycles. The molecule has 1 unspecified atom stereocenters. The third-order valence-electron chi connectivity index (χ3n) is 7.49. The maximum Gasteiger partial charge on any atom is 0.249 e. The van der Waals surface area contributed by atoms with Crippen LogP contribution < -0.4 is 15.0 Å². The number of fused-ring (bicyclic) bond motifs is 4. The fourth-order valence-corrected chi connectivity index (χ4v) is 5.73. The number of hydrogen-bond acceptors (Lipinski definition) is 5. The van der Waals surface area contributed by atoms with Crippen molar-refractivity contribution in [2.75, 3.05) is 26.2 Å². The number of nitrogens with zero attached hydrogens (tertiary/aromatic N) is 1. The van der Waals surface area contributed by atoms with E-state index in [2.05, 4.69) is 22.1 Å². The summed E-state index contributed by atoms with van der Waals surface area (Å²) in [4.78, 5) is 33.4. The molecular formula is C29H30N3O3+. The Morgan fingerprint density at radius 2 is 1.83 bits per heavy atom. The molecule has 0 spiro atoms. The zero-order valence-corrected chi connectivity index (χ0v) is 20.2. The molecule has 2 heterocycles. The van der Waals surface area contributed by atoms with Crippen molar-refractivity contribution in [2.24, 2.45) is 5.92 Å². The van der Waals surface area contributed by atoms with Crippen molar-refractivity contribution >= 4 is 23.0 Å². The Morgan fingerprint density at radius 1 is 1.06 bits per heavy atom. The molecule has 2 aliphatic carbocycles. The van der Waals surface area contributed by atoms with Crippen LogP contribution in [0.2, 0.25) is 0 Å². The van der Waals surface area contributed by atoms with Gasteiger partial charge in [0.15, 0.2) is 11.5 Å². The van der Waals surface area contributed by atoms with Crippen LogP contribution in [-0.2, 0) is 0 Å². The van der Waals surface area contributed by atoms with Gasteiger partial charge in [0.25, 0.3) is 0 Å². The van der Waals surface area contributed by atoms with Gasteiger partial charge in [-0.3, -0.25) is 9.59 Å². The maximum atomic E-state index is 13.8. The number of carbonyl (C=O) groups is 2. The van der Waals surface area contributed by atoms with Crippen molar-refractivity contribution in [1.29, 1.82) is 0 Å². The van der Waals surface area contributed by atoms with Crippen molar-refractivity contribution in [1.82, 2.24) is 10.2 Å². The predicted molar refractivity (Wildman–Crippen MR) is 134 cm³/mol. The molecule has 1 fully saturated rings. The van der Waals surface area contributed by atoms with E-state index in [9.17, 15) is 9.59 Å². The van der Waals surface area contributed by atoms with Gasteiger partial charge in [0.1, 0.15) is 5.57 Å². The van der Waals surface area contributed by atoms with Crippen molar-refractivity contribution in [3.63, 3.8) is 0 Å². The first-order valence-electron chi connectivity index (χ1n) is 12.5. The number of rotatable bonds is 4. The molecule has 178 valence electrons. The fourth-order valence-electron chi connectivity index (χ4n) is 5.73. The Labute approximate surface area is 205 Å². The summed E-state index contributed by atoms with van der Waals surface area (Å²) in [5.74, 6) is 1.20. The van der Waals surface area contributed by atoms with E-state index in [1.807, 2.05) is 37.3 Å². The lowest BCUT2D eigenvalue weighted by Gasteiger charge is -2.32. The number of carbonyl (C=O) groups excluding carboxylic acids is 2. The van der Waals surface area contributed by atoms with Gasteiger partial charge in [-0.15, -0.1) is 0 Å². The number of hydrogen-bond donors (Lipinski definition) is 2. The number of likely N-dealkylation sites (tertiary alicyclic amines) is 1. The number of ketones is 2. The van der Waals surface area contributed by atoms with E-state index in [0.717, 1.165) is 36.6 Å². The summed E-state index contributed by atoms with van der Waals surface area (Å²) in [5.41, 5.74) is 4.96. The number of nitrogens with one attached hydrogen (secondary N) is 2. The van der Waals surface area contributed by atoms with E-state index in [0.29, 0.717) is 46.1 Å². The summed E-state index contributed by atoms with van der Waals surface area (Å²) < 4.78 is 6.35. The van der Waals surface area contributed by atoms with Crippen LogP contribution in [-0.4, -0.2) is 54.5 Å². The Bertz CT molecular complexity index is 1340. The normalized spacial score (nSPS) is 23.4. The van der Waals surface area contributed by atoms with E-state index in [-0.39, 0.29) is 11.6 Å². The number of piperidine rings is 1. The van der Waals surface area contributed by atoms with Gasteiger partial charge in [0, 0.05) is 42.0 Å². The summed E-state index contributed by atoms with van der Waals surface area (Å²) in [5, 5.41) is 3.50. The monoisotopic (exact) mass is 468 g/mol. The van der Waals surface area contributed by atoms with Gasteiger partial charge >= 0.3 is 0 Å². The zero-order chi connectivity index (χ0) is 24.1.